The predicted molar refractivity (Wildman–Crippen MR) is 75.0 cm³/mol. The number of benzene rings is 1. The van der Waals surface area contributed by atoms with E-state index in [2.05, 4.69) is 22.6 Å². The fraction of sp³-hybridized carbons (Fsp3) is 0.462. The van der Waals surface area contributed by atoms with Gasteiger partial charge in [0, 0.05) is 21.7 Å². The van der Waals surface area contributed by atoms with Gasteiger partial charge in [0.15, 0.2) is 0 Å². The summed E-state index contributed by atoms with van der Waals surface area (Å²) < 4.78 is 1.10. The van der Waals surface area contributed by atoms with Crippen molar-refractivity contribution in [2.75, 3.05) is 13.2 Å². The molecule has 1 amide bonds. The van der Waals surface area contributed by atoms with Crippen LogP contribution >= 0.6 is 22.6 Å². The van der Waals surface area contributed by atoms with Crippen molar-refractivity contribution in [2.24, 2.45) is 0 Å². The van der Waals surface area contributed by atoms with E-state index in [1.807, 2.05) is 25.1 Å². The second kappa shape index (κ2) is 5.35. The van der Waals surface area contributed by atoms with Crippen LogP contribution in [0.3, 0.4) is 0 Å². The molecule has 0 aliphatic heterocycles. The number of hydrogen-bond acceptors (Lipinski definition) is 2. The minimum Gasteiger partial charge on any atom is -0.395 e. The lowest BCUT2D eigenvalue weighted by Gasteiger charge is -2.22. The van der Waals surface area contributed by atoms with Gasteiger partial charge in [-0.2, -0.15) is 0 Å². The number of halogens is 1. The molecule has 1 aromatic rings. The molecular weight excluding hydrogens is 329 g/mol. The lowest BCUT2D eigenvalue weighted by molar-refractivity contribution is 0.0707. The third kappa shape index (κ3) is 2.80. The molecule has 92 valence electrons. The molecule has 3 nitrogen and oxygen atoms in total. The zero-order chi connectivity index (χ0) is 12.4. The molecule has 0 aromatic heterocycles. The van der Waals surface area contributed by atoms with Gasteiger partial charge < -0.3 is 10.0 Å². The monoisotopic (exact) mass is 345 g/mol. The lowest BCUT2D eigenvalue weighted by Crippen LogP contribution is -2.35. The second-order valence-corrected chi connectivity index (χ2v) is 5.53. The maximum absolute atomic E-state index is 12.4. The summed E-state index contributed by atoms with van der Waals surface area (Å²) in [6.45, 7) is 2.44. The number of carbonyl (C=O) groups is 1. The average Bonchev–Trinajstić information content (AvgIpc) is 3.13. The molecule has 0 saturated heterocycles. The third-order valence-electron chi connectivity index (χ3n) is 3.09. The van der Waals surface area contributed by atoms with Crippen molar-refractivity contribution in [1.82, 2.24) is 4.90 Å². The van der Waals surface area contributed by atoms with Crippen LogP contribution < -0.4 is 0 Å². The van der Waals surface area contributed by atoms with Crippen LogP contribution in [0.2, 0.25) is 0 Å². The normalized spacial score (nSPS) is 14.8. The summed E-state index contributed by atoms with van der Waals surface area (Å²) in [6, 6.07) is 6.12. The fourth-order valence-corrected chi connectivity index (χ4v) is 2.44. The van der Waals surface area contributed by atoms with Crippen molar-refractivity contribution in [3.63, 3.8) is 0 Å². The van der Waals surface area contributed by atoms with Gasteiger partial charge in [0.1, 0.15) is 0 Å². The highest BCUT2D eigenvalue weighted by atomic mass is 127. The smallest absolute Gasteiger partial charge is 0.254 e. The largest absolute Gasteiger partial charge is 0.395 e. The topological polar surface area (TPSA) is 40.5 Å². The molecule has 2 rings (SSSR count). The molecule has 0 unspecified atom stereocenters. The maximum atomic E-state index is 12.4. The summed E-state index contributed by atoms with van der Waals surface area (Å²) in [7, 11) is 0. The number of aliphatic hydroxyl groups excluding tert-OH is 1. The van der Waals surface area contributed by atoms with Crippen LogP contribution in [0.5, 0.6) is 0 Å². The Morgan fingerprint density at radius 1 is 1.53 bits per heavy atom. The van der Waals surface area contributed by atoms with E-state index < -0.39 is 0 Å². The van der Waals surface area contributed by atoms with Gasteiger partial charge in [0.2, 0.25) is 0 Å². The molecule has 0 heterocycles. The first-order chi connectivity index (χ1) is 8.15. The van der Waals surface area contributed by atoms with E-state index in [0.717, 1.165) is 27.5 Å². The van der Waals surface area contributed by atoms with Gasteiger partial charge >= 0.3 is 0 Å². The van der Waals surface area contributed by atoms with Crippen molar-refractivity contribution in [3.8, 4) is 0 Å². The van der Waals surface area contributed by atoms with Crippen LogP contribution in [0, 0.1) is 10.5 Å². The molecule has 1 fully saturated rings. The van der Waals surface area contributed by atoms with E-state index in [1.54, 1.807) is 4.90 Å². The van der Waals surface area contributed by atoms with Crippen LogP contribution in [0.1, 0.15) is 28.8 Å². The third-order valence-corrected chi connectivity index (χ3v) is 4.26. The minimum atomic E-state index is 0.0329. The first-order valence-electron chi connectivity index (χ1n) is 5.82. The highest BCUT2D eigenvalue weighted by molar-refractivity contribution is 14.1. The average molecular weight is 345 g/mol. The van der Waals surface area contributed by atoms with Gasteiger partial charge in [-0.25, -0.2) is 0 Å². The van der Waals surface area contributed by atoms with Gasteiger partial charge in [-0.15, -0.1) is 0 Å². The quantitative estimate of drug-likeness (QED) is 0.850. The molecule has 1 aliphatic carbocycles. The summed E-state index contributed by atoms with van der Waals surface area (Å²) in [6.07, 6.45) is 2.13. The Hall–Kier alpha value is -0.620. The summed E-state index contributed by atoms with van der Waals surface area (Å²) in [5, 5.41) is 9.04. The van der Waals surface area contributed by atoms with E-state index in [1.165, 1.54) is 0 Å². The molecule has 1 N–H and O–H groups in total. The van der Waals surface area contributed by atoms with Crippen LogP contribution in [-0.2, 0) is 0 Å². The van der Waals surface area contributed by atoms with Crippen molar-refractivity contribution in [3.05, 3.63) is 32.9 Å². The van der Waals surface area contributed by atoms with E-state index in [0.29, 0.717) is 12.6 Å². The Bertz CT molecular complexity index is 429. The molecular formula is C13H16INO2. The summed E-state index contributed by atoms with van der Waals surface area (Å²) >= 11 is 2.24. The summed E-state index contributed by atoms with van der Waals surface area (Å²) in [5.41, 5.74) is 1.79. The molecule has 1 saturated carbocycles. The van der Waals surface area contributed by atoms with Gasteiger partial charge in [-0.05, 0) is 60.1 Å². The Morgan fingerprint density at radius 2 is 2.24 bits per heavy atom. The first-order valence-corrected chi connectivity index (χ1v) is 6.90. The van der Waals surface area contributed by atoms with Crippen molar-refractivity contribution in [2.45, 2.75) is 25.8 Å². The van der Waals surface area contributed by atoms with Crippen molar-refractivity contribution >= 4 is 28.5 Å². The maximum Gasteiger partial charge on any atom is 0.254 e. The van der Waals surface area contributed by atoms with Crippen LogP contribution in [0.4, 0.5) is 0 Å². The molecule has 1 aliphatic rings. The Kier molecular flexibility index (Phi) is 4.04. The van der Waals surface area contributed by atoms with E-state index in [9.17, 15) is 4.79 Å². The fourth-order valence-electron chi connectivity index (χ4n) is 1.94. The predicted octanol–water partition coefficient (Wildman–Crippen LogP) is 2.20. The molecule has 1 aromatic carbocycles. The number of nitrogens with zero attached hydrogens (tertiary/aromatic N) is 1. The Morgan fingerprint density at radius 3 is 2.82 bits per heavy atom. The molecule has 0 atom stereocenters. The highest BCUT2D eigenvalue weighted by Gasteiger charge is 2.33. The Balaban J connectivity index is 2.25. The number of hydrogen-bond donors (Lipinski definition) is 1. The van der Waals surface area contributed by atoms with Gasteiger partial charge in [0.05, 0.1) is 6.61 Å². The zero-order valence-corrected chi connectivity index (χ0v) is 12.0. The SMILES string of the molecule is Cc1c(I)cccc1C(=O)N(CCO)C1CC1. The molecule has 4 heteroatoms. The number of amides is 1. The first kappa shape index (κ1) is 12.8. The standard InChI is InChI=1S/C13H16INO2/c1-9-11(3-2-4-12(9)14)13(17)15(7-8-16)10-5-6-10/h2-4,10,16H,5-8H2,1H3. The number of carbonyl (C=O) groups excluding carboxylic acids is 1. The van der Waals surface area contributed by atoms with Crippen LogP contribution in [0.25, 0.3) is 0 Å². The molecule has 0 spiro atoms. The van der Waals surface area contributed by atoms with Crippen LogP contribution in [0.15, 0.2) is 18.2 Å². The Labute approximate surface area is 115 Å². The number of rotatable bonds is 4. The van der Waals surface area contributed by atoms with E-state index >= 15 is 0 Å². The van der Waals surface area contributed by atoms with Crippen molar-refractivity contribution in [1.29, 1.82) is 0 Å². The van der Waals surface area contributed by atoms with Gasteiger partial charge in [-0.3, -0.25) is 4.79 Å². The summed E-state index contributed by atoms with van der Waals surface area (Å²) in [5.74, 6) is 0.0533. The minimum absolute atomic E-state index is 0.0329. The van der Waals surface area contributed by atoms with E-state index in [4.69, 9.17) is 5.11 Å². The molecule has 17 heavy (non-hydrogen) atoms. The molecule has 0 bridgehead atoms. The van der Waals surface area contributed by atoms with Gasteiger partial charge in [0.25, 0.3) is 5.91 Å². The second-order valence-electron chi connectivity index (χ2n) is 4.37. The highest BCUT2D eigenvalue weighted by Crippen LogP contribution is 2.29. The summed E-state index contributed by atoms with van der Waals surface area (Å²) in [4.78, 5) is 14.2. The lowest BCUT2D eigenvalue weighted by atomic mass is 10.1. The van der Waals surface area contributed by atoms with Crippen molar-refractivity contribution < 1.29 is 9.90 Å². The molecule has 0 radical (unpaired) electrons. The van der Waals surface area contributed by atoms with Gasteiger partial charge in [-0.1, -0.05) is 6.07 Å². The van der Waals surface area contributed by atoms with Crippen LogP contribution in [-0.4, -0.2) is 35.1 Å². The zero-order valence-electron chi connectivity index (χ0n) is 9.82. The number of aliphatic hydroxyl groups is 1. The van der Waals surface area contributed by atoms with E-state index in [-0.39, 0.29) is 12.5 Å².